The summed E-state index contributed by atoms with van der Waals surface area (Å²) in [6, 6.07) is 9.54. The number of methoxy groups -OCH3 is 1. The van der Waals surface area contributed by atoms with E-state index in [0.717, 1.165) is 21.9 Å². The lowest BCUT2D eigenvalue weighted by Gasteiger charge is -2.09. The first-order valence-corrected chi connectivity index (χ1v) is 6.12. The van der Waals surface area contributed by atoms with Crippen LogP contribution >= 0.6 is 0 Å². The molecule has 0 atom stereocenters. The molecule has 0 amide bonds. The Bertz CT molecular complexity index is 844. The molecule has 0 aliphatic carbocycles. The molecule has 0 saturated heterocycles. The fraction of sp³-hybridized carbons (Fsp3) is 0.188. The number of hydrogen-bond acceptors (Lipinski definition) is 3. The lowest BCUT2D eigenvalue weighted by molar-refractivity contribution is 0.414. The van der Waals surface area contributed by atoms with Crippen LogP contribution in [0.15, 0.2) is 39.5 Å². The van der Waals surface area contributed by atoms with E-state index in [2.05, 4.69) is 0 Å². The number of fused-ring (bicyclic) bond motifs is 3. The third-order valence-corrected chi connectivity index (χ3v) is 3.46. The molecular formula is C16H14O3. The third kappa shape index (κ3) is 1.70. The summed E-state index contributed by atoms with van der Waals surface area (Å²) in [7, 11) is 1.60. The molecule has 0 N–H and O–H groups in total. The minimum Gasteiger partial charge on any atom is -0.497 e. The van der Waals surface area contributed by atoms with Gasteiger partial charge in [0.15, 0.2) is 0 Å². The lowest BCUT2D eigenvalue weighted by Crippen LogP contribution is -2.02. The molecule has 0 bridgehead atoms. The molecule has 0 radical (unpaired) electrons. The van der Waals surface area contributed by atoms with E-state index in [0.29, 0.717) is 16.7 Å². The van der Waals surface area contributed by atoms with Crippen molar-refractivity contribution in [1.82, 2.24) is 0 Å². The monoisotopic (exact) mass is 254 g/mol. The summed E-state index contributed by atoms with van der Waals surface area (Å²) in [4.78, 5) is 12.1. The van der Waals surface area contributed by atoms with Gasteiger partial charge in [-0.2, -0.15) is 0 Å². The second kappa shape index (κ2) is 4.12. The number of ether oxygens (including phenoxy) is 1. The van der Waals surface area contributed by atoms with Crippen LogP contribution < -0.4 is 10.4 Å². The zero-order valence-corrected chi connectivity index (χ0v) is 11.1. The largest absolute Gasteiger partial charge is 0.497 e. The highest BCUT2D eigenvalue weighted by molar-refractivity contribution is 6.07. The normalized spacial score (nSPS) is 11.1. The maximum atomic E-state index is 12.1. The topological polar surface area (TPSA) is 39.4 Å². The first kappa shape index (κ1) is 11.8. The predicted molar refractivity (Wildman–Crippen MR) is 76.0 cm³/mol. The molecule has 0 fully saturated rings. The Morgan fingerprint density at radius 3 is 2.58 bits per heavy atom. The molecule has 0 aliphatic rings. The van der Waals surface area contributed by atoms with Crippen LogP contribution in [-0.2, 0) is 0 Å². The fourth-order valence-corrected chi connectivity index (χ4v) is 2.56. The van der Waals surface area contributed by atoms with Gasteiger partial charge >= 0.3 is 5.63 Å². The van der Waals surface area contributed by atoms with Crippen LogP contribution in [0.1, 0.15) is 11.1 Å². The molecule has 1 heterocycles. The van der Waals surface area contributed by atoms with E-state index in [1.807, 2.05) is 38.1 Å². The zero-order valence-electron chi connectivity index (χ0n) is 11.1. The Hall–Kier alpha value is -2.29. The van der Waals surface area contributed by atoms with Crippen molar-refractivity contribution >= 4 is 21.7 Å². The number of benzene rings is 2. The number of hydrogen-bond donors (Lipinski definition) is 0. The van der Waals surface area contributed by atoms with Gasteiger partial charge in [0.1, 0.15) is 11.3 Å². The van der Waals surface area contributed by atoms with Gasteiger partial charge in [0.2, 0.25) is 0 Å². The average molecular weight is 254 g/mol. The van der Waals surface area contributed by atoms with Crippen LogP contribution in [0, 0.1) is 13.8 Å². The zero-order chi connectivity index (χ0) is 13.6. The molecule has 1 aromatic heterocycles. The van der Waals surface area contributed by atoms with Gasteiger partial charge in [-0.25, -0.2) is 4.79 Å². The van der Waals surface area contributed by atoms with Gasteiger partial charge in [0.05, 0.1) is 12.5 Å². The van der Waals surface area contributed by atoms with Crippen molar-refractivity contribution in [3.8, 4) is 5.75 Å². The van der Waals surface area contributed by atoms with E-state index in [1.165, 1.54) is 0 Å². The first-order valence-electron chi connectivity index (χ1n) is 6.12. The van der Waals surface area contributed by atoms with Gasteiger partial charge in [0, 0.05) is 16.8 Å². The summed E-state index contributed by atoms with van der Waals surface area (Å²) in [5, 5.41) is 2.56. The quantitative estimate of drug-likeness (QED) is 0.492. The van der Waals surface area contributed by atoms with Crippen LogP contribution in [-0.4, -0.2) is 7.11 Å². The summed E-state index contributed by atoms with van der Waals surface area (Å²) in [5.74, 6) is 0.695. The molecule has 3 aromatic rings. The Kier molecular flexibility index (Phi) is 2.56. The Morgan fingerprint density at radius 2 is 1.84 bits per heavy atom. The van der Waals surface area contributed by atoms with Crippen LogP contribution in [0.25, 0.3) is 21.7 Å². The average Bonchev–Trinajstić information content (AvgIpc) is 2.37. The van der Waals surface area contributed by atoms with E-state index in [-0.39, 0.29) is 5.63 Å². The summed E-state index contributed by atoms with van der Waals surface area (Å²) in [5.41, 5.74) is 2.24. The molecule has 2 aromatic carbocycles. The Labute approximate surface area is 110 Å². The second-order valence-corrected chi connectivity index (χ2v) is 4.70. The molecular weight excluding hydrogens is 240 g/mol. The second-order valence-electron chi connectivity index (χ2n) is 4.70. The molecule has 0 aliphatic heterocycles. The molecule has 19 heavy (non-hydrogen) atoms. The highest BCUT2D eigenvalue weighted by atomic mass is 16.5. The van der Waals surface area contributed by atoms with E-state index in [9.17, 15) is 4.79 Å². The van der Waals surface area contributed by atoms with E-state index in [1.54, 1.807) is 13.2 Å². The Morgan fingerprint density at radius 1 is 1.05 bits per heavy atom. The van der Waals surface area contributed by atoms with Crippen molar-refractivity contribution < 1.29 is 9.15 Å². The van der Waals surface area contributed by atoms with Gasteiger partial charge in [-0.1, -0.05) is 18.2 Å². The van der Waals surface area contributed by atoms with Gasteiger partial charge in [-0.3, -0.25) is 0 Å². The molecule has 96 valence electrons. The van der Waals surface area contributed by atoms with Gasteiger partial charge in [-0.15, -0.1) is 0 Å². The minimum atomic E-state index is -0.298. The predicted octanol–water partition coefficient (Wildman–Crippen LogP) is 3.57. The van der Waals surface area contributed by atoms with Gasteiger partial charge < -0.3 is 9.15 Å². The molecule has 3 nitrogen and oxygen atoms in total. The van der Waals surface area contributed by atoms with Gasteiger partial charge in [-0.05, 0) is 31.0 Å². The molecule has 3 heteroatoms. The summed E-state index contributed by atoms with van der Waals surface area (Å²) >= 11 is 0. The maximum Gasteiger partial charge on any atom is 0.344 e. The van der Waals surface area contributed by atoms with Crippen molar-refractivity contribution in [2.24, 2.45) is 0 Å². The standard InChI is InChI=1S/C16H14O3/c1-9-5-4-6-12-14-10(2)7-11(18-3)8-13(14)19-16(17)15(9)12/h4-8H,1-3H3. The molecule has 3 rings (SSSR count). The van der Waals surface area contributed by atoms with E-state index < -0.39 is 0 Å². The number of aryl methyl sites for hydroxylation is 2. The van der Waals surface area contributed by atoms with Crippen LogP contribution in [0.4, 0.5) is 0 Å². The lowest BCUT2D eigenvalue weighted by atomic mass is 10.0. The highest BCUT2D eigenvalue weighted by Gasteiger charge is 2.12. The first-order chi connectivity index (χ1) is 9.11. The summed E-state index contributed by atoms with van der Waals surface area (Å²) in [6.07, 6.45) is 0. The summed E-state index contributed by atoms with van der Waals surface area (Å²) < 4.78 is 10.7. The van der Waals surface area contributed by atoms with Crippen LogP contribution in [0.2, 0.25) is 0 Å². The van der Waals surface area contributed by atoms with Crippen LogP contribution in [0.5, 0.6) is 5.75 Å². The van der Waals surface area contributed by atoms with E-state index in [4.69, 9.17) is 9.15 Å². The van der Waals surface area contributed by atoms with Crippen molar-refractivity contribution in [1.29, 1.82) is 0 Å². The smallest absolute Gasteiger partial charge is 0.344 e. The molecule has 0 spiro atoms. The highest BCUT2D eigenvalue weighted by Crippen LogP contribution is 2.30. The van der Waals surface area contributed by atoms with Crippen molar-refractivity contribution in [2.75, 3.05) is 7.11 Å². The maximum absolute atomic E-state index is 12.1. The van der Waals surface area contributed by atoms with Crippen LogP contribution in [0.3, 0.4) is 0 Å². The Balaban J connectivity index is 2.61. The number of rotatable bonds is 1. The SMILES string of the molecule is COc1cc(C)c2c(c1)oc(=O)c1c(C)cccc12. The minimum absolute atomic E-state index is 0.298. The van der Waals surface area contributed by atoms with Crippen molar-refractivity contribution in [3.63, 3.8) is 0 Å². The van der Waals surface area contributed by atoms with Gasteiger partial charge in [0.25, 0.3) is 0 Å². The third-order valence-electron chi connectivity index (χ3n) is 3.46. The summed E-state index contributed by atoms with van der Waals surface area (Å²) in [6.45, 7) is 3.91. The van der Waals surface area contributed by atoms with Crippen molar-refractivity contribution in [2.45, 2.75) is 13.8 Å². The molecule has 0 unspecified atom stereocenters. The van der Waals surface area contributed by atoms with Crippen molar-refractivity contribution in [3.05, 3.63) is 51.9 Å². The molecule has 0 saturated carbocycles. The van der Waals surface area contributed by atoms with E-state index >= 15 is 0 Å². The fourth-order valence-electron chi connectivity index (χ4n) is 2.56.